The Kier molecular flexibility index (Phi) is 29.1. The minimum Gasteiger partial charge on any atom is -0.278 e. The van der Waals surface area contributed by atoms with Crippen LogP contribution in [0.4, 0.5) is 87.8 Å². The standard InChI is InChI=1S/2C10H8.4C6F5.4Cu/c2*1-2-6-10-8-4-3-7-9(10)5-1;4*7-2-1-3(8)5(10)6(11)4(2)9;;;;/h2*1-8H;;;;;;;;/q;;4*-1;4*+1. The van der Waals surface area contributed by atoms with Crippen LogP contribution >= 0.6 is 0 Å². The van der Waals surface area contributed by atoms with Gasteiger partial charge in [0.1, 0.15) is 0 Å². The van der Waals surface area contributed by atoms with Gasteiger partial charge in [-0.3, -0.25) is 35.1 Å². The molecular formula is C44H16Cu4F20. The fourth-order valence-electron chi connectivity index (χ4n) is 4.25. The van der Waals surface area contributed by atoms with E-state index >= 15 is 0 Å². The van der Waals surface area contributed by atoms with Crippen LogP contribution in [-0.4, -0.2) is 0 Å². The molecule has 0 atom stereocenters. The SMILES string of the molecule is Fc1[c-]c(F)c(F)c(F)c1F.Fc1[c-]c(F)c(F)c(F)c1F.Fc1[c-]c(F)c(F)c(F)c1F.Fc1[c-]c(F)c(F)c(F)c1F.[Cu+].[Cu+].[Cu+].[Cu+].c1ccc2ccccc2c1.c1ccc2ccccc2c1. The average Bonchev–Trinajstić information content (AvgIpc) is 3.30. The summed E-state index contributed by atoms with van der Waals surface area (Å²) < 4.78 is 239. The maximum atomic E-state index is 12.0. The first kappa shape index (κ1) is 65.0. The van der Waals surface area contributed by atoms with Crippen molar-refractivity contribution in [2.24, 2.45) is 0 Å². The average molecular weight is 1180 g/mol. The van der Waals surface area contributed by atoms with E-state index in [2.05, 4.69) is 97.1 Å². The molecule has 0 radical (unpaired) electrons. The van der Waals surface area contributed by atoms with Gasteiger partial charge >= 0.3 is 68.3 Å². The third-order valence-electron chi connectivity index (χ3n) is 7.28. The molecule has 0 nitrogen and oxygen atoms in total. The summed E-state index contributed by atoms with van der Waals surface area (Å²) in [6, 6.07) is 37.5. The van der Waals surface area contributed by atoms with Crippen LogP contribution in [0, 0.1) is 141 Å². The van der Waals surface area contributed by atoms with E-state index in [1.54, 1.807) is 0 Å². The Morgan fingerprint density at radius 2 is 0.279 bits per heavy atom. The van der Waals surface area contributed by atoms with Crippen molar-refractivity contribution >= 4 is 21.5 Å². The molecule has 8 aromatic rings. The molecule has 0 aliphatic carbocycles. The fourth-order valence-corrected chi connectivity index (χ4v) is 4.25. The zero-order valence-electron chi connectivity index (χ0n) is 32.0. The predicted molar refractivity (Wildman–Crippen MR) is 188 cm³/mol. The van der Waals surface area contributed by atoms with Gasteiger partial charge in [0, 0.05) is 0 Å². The van der Waals surface area contributed by atoms with Gasteiger partial charge in [-0.05, 0) is 21.5 Å². The summed E-state index contributed by atoms with van der Waals surface area (Å²) in [5, 5.41) is 5.24. The van der Waals surface area contributed by atoms with Crippen LogP contribution in [0.1, 0.15) is 0 Å². The second kappa shape index (κ2) is 30.4. The zero-order valence-corrected chi connectivity index (χ0v) is 35.8. The number of hydrogen-bond donors (Lipinski definition) is 0. The molecule has 0 aliphatic heterocycles. The Labute approximate surface area is 413 Å². The van der Waals surface area contributed by atoms with Gasteiger partial charge in [0.25, 0.3) is 0 Å². The summed E-state index contributed by atoms with van der Waals surface area (Å²) in [6.07, 6.45) is 0. The largest absolute Gasteiger partial charge is 1.00 e. The maximum absolute atomic E-state index is 12.0. The van der Waals surface area contributed by atoms with Crippen LogP contribution in [0.3, 0.4) is 0 Å². The van der Waals surface area contributed by atoms with Crippen LogP contribution < -0.4 is 0 Å². The van der Waals surface area contributed by atoms with Gasteiger partial charge < -0.3 is 0 Å². The number of rotatable bonds is 0. The number of halogens is 20. The summed E-state index contributed by atoms with van der Waals surface area (Å²) >= 11 is 0. The summed E-state index contributed by atoms with van der Waals surface area (Å²) in [5.41, 5.74) is 0. The predicted octanol–water partition coefficient (Wildman–Crippen LogP) is 14.4. The number of hydrogen-bond acceptors (Lipinski definition) is 0. The normalized spacial score (nSPS) is 9.59. The van der Waals surface area contributed by atoms with Crippen LogP contribution in [0.2, 0.25) is 0 Å². The summed E-state index contributed by atoms with van der Waals surface area (Å²) in [5.74, 6) is -40.2. The minimum absolute atomic E-state index is 0. The van der Waals surface area contributed by atoms with Gasteiger partial charge in [-0.25, -0.2) is 52.7 Å². The molecule has 8 aromatic carbocycles. The third kappa shape index (κ3) is 17.8. The molecule has 0 unspecified atom stereocenters. The van der Waals surface area contributed by atoms with E-state index in [9.17, 15) is 87.8 Å². The van der Waals surface area contributed by atoms with Crippen molar-refractivity contribution in [1.29, 1.82) is 0 Å². The summed E-state index contributed by atoms with van der Waals surface area (Å²) in [6.45, 7) is 0. The molecule has 0 saturated heterocycles. The van der Waals surface area contributed by atoms with Gasteiger partial charge in [0.2, 0.25) is 0 Å². The fraction of sp³-hybridized carbons (Fsp3) is 0. The molecule has 0 N–H and O–H groups in total. The quantitative estimate of drug-likeness (QED) is 0.0467. The van der Waals surface area contributed by atoms with Gasteiger partial charge in [-0.15, -0.1) is 24.3 Å². The first-order chi connectivity index (χ1) is 30.1. The van der Waals surface area contributed by atoms with E-state index in [1.807, 2.05) is 0 Å². The molecule has 8 rings (SSSR count). The molecule has 0 heterocycles. The van der Waals surface area contributed by atoms with Gasteiger partial charge in [0.05, 0.1) is 116 Å². The topological polar surface area (TPSA) is 0 Å². The van der Waals surface area contributed by atoms with Gasteiger partial charge in [0.15, 0.2) is 0 Å². The van der Waals surface area contributed by atoms with Crippen molar-refractivity contribution in [3.63, 3.8) is 0 Å². The van der Waals surface area contributed by atoms with E-state index in [0.29, 0.717) is 0 Å². The number of fused-ring (bicyclic) bond motifs is 2. The van der Waals surface area contributed by atoms with Crippen molar-refractivity contribution in [3.05, 3.63) is 238 Å². The molecule has 0 spiro atoms. The minimum atomic E-state index is -2.17. The van der Waals surface area contributed by atoms with Crippen LogP contribution in [0.25, 0.3) is 21.5 Å². The Morgan fingerprint density at radius 1 is 0.176 bits per heavy atom. The first-order valence-corrected chi connectivity index (χ1v) is 16.6. The van der Waals surface area contributed by atoms with Crippen LogP contribution in [0.15, 0.2) is 97.1 Å². The second-order valence-corrected chi connectivity index (χ2v) is 11.5. The van der Waals surface area contributed by atoms with Gasteiger partial charge in [-0.2, -0.15) is 0 Å². The maximum Gasteiger partial charge on any atom is 1.00 e. The number of benzene rings is 8. The Balaban J connectivity index is 0. The van der Waals surface area contributed by atoms with E-state index in [0.717, 1.165) is 24.3 Å². The molecule has 68 heavy (non-hydrogen) atoms. The third-order valence-corrected chi connectivity index (χ3v) is 7.28. The van der Waals surface area contributed by atoms with Crippen molar-refractivity contribution in [3.8, 4) is 0 Å². The zero-order chi connectivity index (χ0) is 48.0. The Bertz CT molecular complexity index is 2330. The monoisotopic (exact) mass is 1180 g/mol. The molecule has 0 amide bonds. The van der Waals surface area contributed by atoms with Crippen molar-refractivity contribution < 1.29 is 156 Å². The molecular weight excluding hydrogens is 1160 g/mol. The molecule has 0 fully saturated rings. The van der Waals surface area contributed by atoms with E-state index in [1.165, 1.54) is 21.5 Å². The molecule has 376 valence electrons. The van der Waals surface area contributed by atoms with Crippen molar-refractivity contribution in [1.82, 2.24) is 0 Å². The summed E-state index contributed by atoms with van der Waals surface area (Å²) in [7, 11) is 0. The Morgan fingerprint density at radius 3 is 0.382 bits per heavy atom. The van der Waals surface area contributed by atoms with Crippen molar-refractivity contribution in [2.75, 3.05) is 0 Å². The molecule has 0 aromatic heterocycles. The Hall–Kier alpha value is -5.04. The van der Waals surface area contributed by atoms with E-state index < -0.39 is 116 Å². The smallest absolute Gasteiger partial charge is 0.278 e. The van der Waals surface area contributed by atoms with Gasteiger partial charge in [-0.1, -0.05) is 97.1 Å². The molecule has 0 aliphatic rings. The summed E-state index contributed by atoms with van der Waals surface area (Å²) in [4.78, 5) is 0. The van der Waals surface area contributed by atoms with Crippen LogP contribution in [-0.2, 0) is 68.3 Å². The van der Waals surface area contributed by atoms with Crippen molar-refractivity contribution in [2.45, 2.75) is 0 Å². The van der Waals surface area contributed by atoms with E-state index in [4.69, 9.17) is 0 Å². The first-order valence-electron chi connectivity index (χ1n) is 16.6. The van der Waals surface area contributed by atoms with Crippen LogP contribution in [0.5, 0.6) is 0 Å². The molecule has 0 saturated carbocycles. The molecule has 0 bridgehead atoms. The van der Waals surface area contributed by atoms with E-state index in [-0.39, 0.29) is 68.3 Å². The molecule has 24 heteroatoms. The second-order valence-electron chi connectivity index (χ2n) is 11.5.